The second-order valence-electron chi connectivity index (χ2n) is 2.53. The third-order valence-electron chi connectivity index (χ3n) is 1.73. The highest BCUT2D eigenvalue weighted by Crippen LogP contribution is 2.09. The maximum absolute atomic E-state index is 10.9. The average Bonchev–Trinajstić information content (AvgIpc) is 1.82. The summed E-state index contributed by atoms with van der Waals surface area (Å²) in [6.45, 7) is 3.70. The van der Waals surface area contributed by atoms with E-state index in [-0.39, 0.29) is 23.8 Å². The van der Waals surface area contributed by atoms with E-state index in [0.717, 1.165) is 0 Å². The maximum atomic E-state index is 10.9. The van der Waals surface area contributed by atoms with E-state index in [4.69, 9.17) is 5.73 Å². The van der Waals surface area contributed by atoms with E-state index in [1.165, 1.54) is 0 Å². The number of amides is 1. The van der Waals surface area contributed by atoms with Crippen molar-refractivity contribution in [3.63, 3.8) is 0 Å². The third kappa shape index (κ3) is 1.10. The molecular formula is C6H11N3O. The van der Waals surface area contributed by atoms with Crippen LogP contribution in [0.4, 0.5) is 0 Å². The highest BCUT2D eigenvalue weighted by Gasteiger charge is 2.24. The third-order valence-corrected chi connectivity index (χ3v) is 1.73. The molecule has 1 aliphatic heterocycles. The Kier molecular flexibility index (Phi) is 1.61. The van der Waals surface area contributed by atoms with Crippen molar-refractivity contribution in [2.45, 2.75) is 19.9 Å². The van der Waals surface area contributed by atoms with Crippen LogP contribution < -0.4 is 11.1 Å². The molecule has 3 N–H and O–H groups in total. The highest BCUT2D eigenvalue weighted by molar-refractivity contribution is 5.99. The zero-order valence-electron chi connectivity index (χ0n) is 6.09. The van der Waals surface area contributed by atoms with Crippen molar-refractivity contribution in [1.82, 2.24) is 5.32 Å². The lowest BCUT2D eigenvalue weighted by molar-refractivity contribution is -0.123. The molecule has 0 aromatic rings. The van der Waals surface area contributed by atoms with Gasteiger partial charge in [-0.3, -0.25) is 10.1 Å². The Morgan fingerprint density at radius 3 is 2.70 bits per heavy atom. The Labute approximate surface area is 59.5 Å². The van der Waals surface area contributed by atoms with Crippen LogP contribution in [0.25, 0.3) is 0 Å². The molecular weight excluding hydrogens is 130 g/mol. The van der Waals surface area contributed by atoms with Crippen molar-refractivity contribution in [1.29, 1.82) is 0 Å². The molecule has 0 aromatic heterocycles. The van der Waals surface area contributed by atoms with E-state index < -0.39 is 0 Å². The van der Waals surface area contributed by atoms with Gasteiger partial charge >= 0.3 is 0 Å². The van der Waals surface area contributed by atoms with Gasteiger partial charge < -0.3 is 5.73 Å². The number of hydrogen-bond acceptors (Lipinski definition) is 3. The van der Waals surface area contributed by atoms with Crippen molar-refractivity contribution in [3.8, 4) is 0 Å². The van der Waals surface area contributed by atoms with E-state index in [2.05, 4.69) is 10.3 Å². The molecule has 1 amide bonds. The van der Waals surface area contributed by atoms with Crippen molar-refractivity contribution in [3.05, 3.63) is 0 Å². The molecule has 0 bridgehead atoms. The van der Waals surface area contributed by atoms with Gasteiger partial charge in [-0.05, 0) is 6.92 Å². The quantitative estimate of drug-likeness (QED) is 0.475. The van der Waals surface area contributed by atoms with Crippen molar-refractivity contribution in [2.24, 2.45) is 16.6 Å². The molecule has 0 radical (unpaired) electrons. The van der Waals surface area contributed by atoms with Gasteiger partial charge in [-0.2, -0.15) is 0 Å². The Morgan fingerprint density at radius 2 is 2.20 bits per heavy atom. The lowest BCUT2D eigenvalue weighted by Gasteiger charge is -2.21. The molecule has 0 fully saturated rings. The minimum atomic E-state index is -0.0627. The lowest BCUT2D eigenvalue weighted by atomic mass is 10.0. The molecule has 0 saturated heterocycles. The van der Waals surface area contributed by atoms with Crippen molar-refractivity contribution >= 4 is 11.9 Å². The van der Waals surface area contributed by atoms with Crippen LogP contribution in [0.1, 0.15) is 13.8 Å². The van der Waals surface area contributed by atoms with Gasteiger partial charge in [0.2, 0.25) is 5.91 Å². The van der Waals surface area contributed by atoms with Gasteiger partial charge in [-0.15, -0.1) is 0 Å². The molecule has 0 spiro atoms. The minimum absolute atomic E-state index is 0.00810. The average molecular weight is 141 g/mol. The van der Waals surface area contributed by atoms with Crippen LogP contribution in [0.3, 0.4) is 0 Å². The predicted molar refractivity (Wildman–Crippen MR) is 38.4 cm³/mol. The van der Waals surface area contributed by atoms with Crippen LogP contribution in [0.5, 0.6) is 0 Å². The fraction of sp³-hybridized carbons (Fsp3) is 0.667. The first-order valence-corrected chi connectivity index (χ1v) is 3.25. The largest absolute Gasteiger partial charge is 0.370 e. The molecule has 10 heavy (non-hydrogen) atoms. The Hall–Kier alpha value is -1.06. The van der Waals surface area contributed by atoms with Gasteiger partial charge in [0, 0.05) is 0 Å². The Bertz CT molecular complexity index is 187. The van der Waals surface area contributed by atoms with Crippen LogP contribution in [-0.2, 0) is 4.79 Å². The summed E-state index contributed by atoms with van der Waals surface area (Å²) in [5, 5.41) is 2.45. The number of nitrogens with zero attached hydrogens (tertiary/aromatic N) is 1. The van der Waals surface area contributed by atoms with Crippen LogP contribution in [0, 0.1) is 5.92 Å². The SMILES string of the molecule is CC1N=C(N)NC(=O)C1C. The first kappa shape index (κ1) is 7.05. The molecule has 1 aliphatic rings. The second kappa shape index (κ2) is 2.28. The summed E-state index contributed by atoms with van der Waals surface area (Å²) >= 11 is 0. The normalized spacial score (nSPS) is 33.0. The molecule has 0 aromatic carbocycles. The van der Waals surface area contributed by atoms with Gasteiger partial charge in [0.1, 0.15) is 0 Å². The van der Waals surface area contributed by atoms with Gasteiger partial charge in [0.15, 0.2) is 5.96 Å². The van der Waals surface area contributed by atoms with Gasteiger partial charge in [0.05, 0.1) is 12.0 Å². The fourth-order valence-electron chi connectivity index (χ4n) is 0.823. The second-order valence-corrected chi connectivity index (χ2v) is 2.53. The Balaban J connectivity index is 2.79. The first-order valence-electron chi connectivity index (χ1n) is 3.25. The van der Waals surface area contributed by atoms with Crippen molar-refractivity contribution in [2.75, 3.05) is 0 Å². The maximum Gasteiger partial charge on any atom is 0.231 e. The molecule has 1 rings (SSSR count). The summed E-state index contributed by atoms with van der Waals surface area (Å²) in [7, 11) is 0. The first-order chi connectivity index (χ1) is 4.61. The number of rotatable bonds is 0. The van der Waals surface area contributed by atoms with E-state index in [1.807, 2.05) is 13.8 Å². The lowest BCUT2D eigenvalue weighted by Crippen LogP contribution is -2.47. The zero-order chi connectivity index (χ0) is 7.72. The Morgan fingerprint density at radius 1 is 1.60 bits per heavy atom. The fourth-order valence-corrected chi connectivity index (χ4v) is 0.823. The summed E-state index contributed by atoms with van der Waals surface area (Å²) in [6, 6.07) is 0.00810. The summed E-state index contributed by atoms with van der Waals surface area (Å²) in [5.41, 5.74) is 5.30. The van der Waals surface area contributed by atoms with E-state index >= 15 is 0 Å². The van der Waals surface area contributed by atoms with E-state index in [0.29, 0.717) is 0 Å². The summed E-state index contributed by atoms with van der Waals surface area (Å²) in [6.07, 6.45) is 0. The molecule has 4 heteroatoms. The number of carbonyl (C=O) groups is 1. The summed E-state index contributed by atoms with van der Waals surface area (Å²) in [5.74, 6) is 0.128. The molecule has 0 aliphatic carbocycles. The monoisotopic (exact) mass is 141 g/mol. The van der Waals surface area contributed by atoms with Gasteiger partial charge in [0.25, 0.3) is 0 Å². The number of nitrogens with two attached hydrogens (primary N) is 1. The van der Waals surface area contributed by atoms with Gasteiger partial charge in [-0.25, -0.2) is 4.99 Å². The summed E-state index contributed by atoms with van der Waals surface area (Å²) in [4.78, 5) is 14.9. The van der Waals surface area contributed by atoms with Crippen molar-refractivity contribution < 1.29 is 4.79 Å². The van der Waals surface area contributed by atoms with E-state index in [1.54, 1.807) is 0 Å². The smallest absolute Gasteiger partial charge is 0.231 e. The molecule has 0 saturated carbocycles. The van der Waals surface area contributed by atoms with Crippen LogP contribution >= 0.6 is 0 Å². The summed E-state index contributed by atoms with van der Waals surface area (Å²) < 4.78 is 0. The topological polar surface area (TPSA) is 67.5 Å². The molecule has 56 valence electrons. The van der Waals surface area contributed by atoms with Crippen LogP contribution in [0.15, 0.2) is 4.99 Å². The number of aliphatic imine (C=N–C) groups is 1. The highest BCUT2D eigenvalue weighted by atomic mass is 16.2. The molecule has 4 nitrogen and oxygen atoms in total. The van der Waals surface area contributed by atoms with E-state index in [9.17, 15) is 4.79 Å². The number of carbonyl (C=O) groups excluding carboxylic acids is 1. The molecule has 2 atom stereocenters. The number of hydrogen-bond donors (Lipinski definition) is 2. The van der Waals surface area contributed by atoms with Crippen LogP contribution in [0.2, 0.25) is 0 Å². The van der Waals surface area contributed by atoms with Crippen LogP contribution in [-0.4, -0.2) is 17.9 Å². The van der Waals surface area contributed by atoms with Gasteiger partial charge in [-0.1, -0.05) is 6.92 Å². The number of nitrogens with one attached hydrogen (secondary N) is 1. The molecule has 1 heterocycles. The zero-order valence-corrected chi connectivity index (χ0v) is 6.09. The minimum Gasteiger partial charge on any atom is -0.370 e. The predicted octanol–water partition coefficient (Wildman–Crippen LogP) is -0.544. The standard InChI is InChI=1S/C6H11N3O/c1-3-4(2)8-6(7)9-5(3)10/h3-4H,1-2H3,(H3,7,8,9,10). The number of guanidine groups is 1. The molecule has 2 unspecified atom stereocenters.